The van der Waals surface area contributed by atoms with E-state index in [1.54, 1.807) is 7.11 Å². The minimum absolute atomic E-state index is 0.461. The Morgan fingerprint density at radius 2 is 2.35 bits per heavy atom. The van der Waals surface area contributed by atoms with Crippen LogP contribution in [0.2, 0.25) is 0 Å². The molecule has 20 heavy (non-hydrogen) atoms. The number of benzene rings is 1. The zero-order chi connectivity index (χ0) is 14.5. The first-order valence-corrected chi connectivity index (χ1v) is 7.45. The number of aromatic nitrogens is 2. The third-order valence-corrected chi connectivity index (χ3v) is 4.15. The van der Waals surface area contributed by atoms with Gasteiger partial charge in [-0.3, -0.25) is 4.79 Å². The number of carbonyl (C=O) groups is 1. The van der Waals surface area contributed by atoms with Crippen LogP contribution in [0.5, 0.6) is 5.75 Å². The van der Waals surface area contributed by atoms with E-state index in [2.05, 4.69) is 16.9 Å². The summed E-state index contributed by atoms with van der Waals surface area (Å²) in [5, 5.41) is 9.41. The maximum atomic E-state index is 11.2. The molecule has 1 unspecified atom stereocenters. The Labute approximate surface area is 121 Å². The van der Waals surface area contributed by atoms with Crippen LogP contribution in [-0.2, 0) is 4.79 Å². The number of fused-ring (bicyclic) bond motifs is 1. The molecule has 1 aromatic heterocycles. The summed E-state index contributed by atoms with van der Waals surface area (Å²) in [7, 11) is 1.61. The second kappa shape index (κ2) is 6.65. The predicted molar refractivity (Wildman–Crippen MR) is 79.5 cm³/mol. The number of hydrogen-bond donors (Lipinski definition) is 2. The van der Waals surface area contributed by atoms with Gasteiger partial charge in [-0.1, -0.05) is 31.5 Å². The first kappa shape index (κ1) is 14.7. The van der Waals surface area contributed by atoms with Crippen molar-refractivity contribution in [3.8, 4) is 5.75 Å². The van der Waals surface area contributed by atoms with Crippen LogP contribution in [0.3, 0.4) is 0 Å². The maximum absolute atomic E-state index is 11.2. The average molecular weight is 294 g/mol. The third-order valence-electron chi connectivity index (χ3n) is 3.02. The Morgan fingerprint density at radius 3 is 3.00 bits per heavy atom. The molecule has 0 saturated heterocycles. The van der Waals surface area contributed by atoms with Gasteiger partial charge in [0.05, 0.1) is 18.1 Å². The molecule has 0 saturated carbocycles. The summed E-state index contributed by atoms with van der Waals surface area (Å²) in [6, 6.07) is 5.55. The molecule has 1 aromatic carbocycles. The van der Waals surface area contributed by atoms with Crippen molar-refractivity contribution in [3.05, 3.63) is 18.2 Å². The van der Waals surface area contributed by atoms with E-state index in [0.717, 1.165) is 29.6 Å². The number of carboxylic acids is 1. The highest BCUT2D eigenvalue weighted by Crippen LogP contribution is 2.28. The summed E-state index contributed by atoms with van der Waals surface area (Å²) in [4.78, 5) is 18.8. The lowest BCUT2D eigenvalue weighted by Crippen LogP contribution is -2.16. The number of carboxylic acid groups (broad SMARTS) is 1. The number of aromatic amines is 1. The fraction of sp³-hybridized carbons (Fsp3) is 0.429. The zero-order valence-electron chi connectivity index (χ0n) is 11.5. The predicted octanol–water partition coefficient (Wildman–Crippen LogP) is 3.31. The van der Waals surface area contributed by atoms with E-state index in [4.69, 9.17) is 4.74 Å². The minimum atomic E-state index is -0.790. The fourth-order valence-corrected chi connectivity index (χ4v) is 2.88. The number of methoxy groups -OCH3 is 1. The van der Waals surface area contributed by atoms with E-state index in [1.165, 1.54) is 11.8 Å². The van der Waals surface area contributed by atoms with E-state index >= 15 is 0 Å². The largest absolute Gasteiger partial charge is 0.497 e. The van der Waals surface area contributed by atoms with Gasteiger partial charge in [0.25, 0.3) is 0 Å². The monoisotopic (exact) mass is 294 g/mol. The molecule has 2 rings (SSSR count). The van der Waals surface area contributed by atoms with Crippen molar-refractivity contribution in [1.82, 2.24) is 9.97 Å². The van der Waals surface area contributed by atoms with Crippen molar-refractivity contribution in [2.24, 2.45) is 0 Å². The Morgan fingerprint density at radius 1 is 1.55 bits per heavy atom. The molecule has 0 fully saturated rings. The Kier molecular flexibility index (Phi) is 4.89. The number of thioether (sulfide) groups is 1. The summed E-state index contributed by atoms with van der Waals surface area (Å²) in [5.41, 5.74) is 1.67. The number of H-pyrrole nitrogens is 1. The number of nitrogens with zero attached hydrogens (tertiary/aromatic N) is 1. The number of imidazole rings is 1. The topological polar surface area (TPSA) is 75.2 Å². The number of rotatable bonds is 7. The lowest BCUT2D eigenvalue weighted by Gasteiger charge is -2.08. The Hall–Kier alpha value is -1.69. The van der Waals surface area contributed by atoms with Crippen molar-refractivity contribution < 1.29 is 14.6 Å². The molecule has 0 radical (unpaired) electrons. The van der Waals surface area contributed by atoms with Crippen LogP contribution < -0.4 is 4.74 Å². The molecule has 1 heterocycles. The summed E-state index contributed by atoms with van der Waals surface area (Å²) >= 11 is 1.27. The molecule has 0 aliphatic rings. The van der Waals surface area contributed by atoms with Gasteiger partial charge in [0.15, 0.2) is 5.16 Å². The highest BCUT2D eigenvalue weighted by atomic mass is 32.2. The molecule has 6 heteroatoms. The van der Waals surface area contributed by atoms with E-state index in [-0.39, 0.29) is 0 Å². The number of nitrogens with one attached hydrogen (secondary N) is 1. The van der Waals surface area contributed by atoms with E-state index < -0.39 is 11.2 Å². The van der Waals surface area contributed by atoms with Crippen molar-refractivity contribution >= 4 is 28.8 Å². The quantitative estimate of drug-likeness (QED) is 0.766. The normalized spacial score (nSPS) is 12.5. The van der Waals surface area contributed by atoms with Crippen LogP contribution in [0.4, 0.5) is 0 Å². The Bertz CT molecular complexity index is 597. The second-order valence-electron chi connectivity index (χ2n) is 4.51. The molecule has 0 aliphatic heterocycles. The van der Waals surface area contributed by atoms with E-state index in [9.17, 15) is 9.90 Å². The first-order chi connectivity index (χ1) is 9.63. The van der Waals surface area contributed by atoms with Gasteiger partial charge in [0, 0.05) is 6.07 Å². The molecule has 108 valence electrons. The zero-order valence-corrected chi connectivity index (χ0v) is 12.4. The van der Waals surface area contributed by atoms with E-state index in [0.29, 0.717) is 11.6 Å². The van der Waals surface area contributed by atoms with Crippen molar-refractivity contribution in [1.29, 1.82) is 0 Å². The molecule has 0 aliphatic carbocycles. The highest BCUT2D eigenvalue weighted by Gasteiger charge is 2.20. The Balaban J connectivity index is 2.17. The summed E-state index contributed by atoms with van der Waals surface area (Å²) in [5.74, 6) is -0.0417. The van der Waals surface area contributed by atoms with Crippen LogP contribution in [-0.4, -0.2) is 33.4 Å². The van der Waals surface area contributed by atoms with Gasteiger partial charge in [-0.25, -0.2) is 4.98 Å². The van der Waals surface area contributed by atoms with Crippen LogP contribution >= 0.6 is 11.8 Å². The van der Waals surface area contributed by atoms with Crippen LogP contribution in [0.15, 0.2) is 23.4 Å². The smallest absolute Gasteiger partial charge is 0.317 e. The molecular weight excluding hydrogens is 276 g/mol. The van der Waals surface area contributed by atoms with Gasteiger partial charge in [0.2, 0.25) is 0 Å². The van der Waals surface area contributed by atoms with Crippen molar-refractivity contribution in [3.63, 3.8) is 0 Å². The van der Waals surface area contributed by atoms with Gasteiger partial charge >= 0.3 is 5.97 Å². The van der Waals surface area contributed by atoms with Crippen molar-refractivity contribution in [2.75, 3.05) is 7.11 Å². The molecule has 2 aromatic rings. The summed E-state index contributed by atoms with van der Waals surface area (Å²) < 4.78 is 5.16. The lowest BCUT2D eigenvalue weighted by molar-refractivity contribution is -0.136. The van der Waals surface area contributed by atoms with E-state index in [1.807, 2.05) is 18.2 Å². The molecular formula is C14H18N2O3S. The second-order valence-corrected chi connectivity index (χ2v) is 5.70. The maximum Gasteiger partial charge on any atom is 0.317 e. The first-order valence-electron chi connectivity index (χ1n) is 6.57. The fourth-order valence-electron chi connectivity index (χ4n) is 1.91. The van der Waals surface area contributed by atoms with Gasteiger partial charge in [-0.05, 0) is 18.6 Å². The average Bonchev–Trinajstić information content (AvgIpc) is 2.84. The third kappa shape index (κ3) is 3.45. The number of aliphatic carboxylic acids is 1. The minimum Gasteiger partial charge on any atom is -0.497 e. The van der Waals surface area contributed by atoms with Crippen LogP contribution in [0, 0.1) is 0 Å². The molecule has 5 nitrogen and oxygen atoms in total. The highest BCUT2D eigenvalue weighted by molar-refractivity contribution is 8.00. The standard InChI is InChI=1S/C14H18N2O3S/c1-3-4-5-12(13(17)18)20-14-15-10-7-6-9(19-2)8-11(10)16-14/h6-8,12H,3-5H2,1-2H3,(H,15,16)(H,17,18). The summed E-state index contributed by atoms with van der Waals surface area (Å²) in [6.07, 6.45) is 2.54. The number of ether oxygens (including phenoxy) is 1. The molecule has 2 N–H and O–H groups in total. The molecule has 0 spiro atoms. The van der Waals surface area contributed by atoms with Crippen LogP contribution in [0.1, 0.15) is 26.2 Å². The molecule has 0 bridgehead atoms. The van der Waals surface area contributed by atoms with Gasteiger partial charge in [0.1, 0.15) is 11.0 Å². The van der Waals surface area contributed by atoms with Gasteiger partial charge in [-0.2, -0.15) is 0 Å². The lowest BCUT2D eigenvalue weighted by atomic mass is 10.2. The molecule has 1 atom stereocenters. The number of unbranched alkanes of at least 4 members (excludes halogenated alkanes) is 1. The van der Waals surface area contributed by atoms with Crippen molar-refractivity contribution in [2.45, 2.75) is 36.6 Å². The van der Waals surface area contributed by atoms with Crippen LogP contribution in [0.25, 0.3) is 11.0 Å². The number of hydrogen-bond acceptors (Lipinski definition) is 4. The molecule has 0 amide bonds. The van der Waals surface area contributed by atoms with Gasteiger partial charge < -0.3 is 14.8 Å². The summed E-state index contributed by atoms with van der Waals surface area (Å²) in [6.45, 7) is 2.05. The SMILES string of the molecule is CCCCC(Sc1nc2ccc(OC)cc2[nH]1)C(=O)O. The van der Waals surface area contributed by atoms with Gasteiger partial charge in [-0.15, -0.1) is 0 Å².